The number of nitriles is 1. The van der Waals surface area contributed by atoms with Gasteiger partial charge in [0.15, 0.2) is 0 Å². The summed E-state index contributed by atoms with van der Waals surface area (Å²) < 4.78 is 0. The molecule has 1 saturated carbocycles. The van der Waals surface area contributed by atoms with Crippen molar-refractivity contribution in [2.45, 2.75) is 51.4 Å². The Bertz CT molecular complexity index is 360. The number of rotatable bonds is 4. The zero-order valence-corrected chi connectivity index (χ0v) is 12.7. The number of nitrogens with zero attached hydrogens (tertiary/aromatic N) is 3. The van der Waals surface area contributed by atoms with Crippen molar-refractivity contribution in [3.05, 3.63) is 0 Å². The second-order valence-electron chi connectivity index (χ2n) is 6.38. The second-order valence-corrected chi connectivity index (χ2v) is 6.38. The highest BCUT2D eigenvalue weighted by Gasteiger charge is 2.40. The zero-order valence-electron chi connectivity index (χ0n) is 12.7. The van der Waals surface area contributed by atoms with E-state index in [2.05, 4.69) is 11.0 Å². The first-order valence-corrected chi connectivity index (χ1v) is 8.07. The molecule has 1 aliphatic heterocycles. The normalized spacial score (nSPS) is 23.0. The van der Waals surface area contributed by atoms with Gasteiger partial charge in [-0.05, 0) is 38.8 Å². The molecule has 2 fully saturated rings. The van der Waals surface area contributed by atoms with Crippen LogP contribution in [0.25, 0.3) is 0 Å². The van der Waals surface area contributed by atoms with Crippen molar-refractivity contribution >= 4 is 5.91 Å². The van der Waals surface area contributed by atoms with E-state index in [-0.39, 0.29) is 5.91 Å². The van der Waals surface area contributed by atoms with E-state index in [4.69, 9.17) is 0 Å². The lowest BCUT2D eigenvalue weighted by molar-refractivity contribution is -0.138. The predicted molar refractivity (Wildman–Crippen MR) is 79.1 cm³/mol. The first kappa shape index (κ1) is 15.3. The molecule has 0 radical (unpaired) electrons. The van der Waals surface area contributed by atoms with Crippen molar-refractivity contribution in [1.29, 1.82) is 5.26 Å². The molecule has 0 aromatic heterocycles. The molecule has 20 heavy (non-hydrogen) atoms. The Morgan fingerprint density at radius 3 is 2.30 bits per heavy atom. The summed E-state index contributed by atoms with van der Waals surface area (Å²) in [4.78, 5) is 16.9. The van der Waals surface area contributed by atoms with Crippen LogP contribution in [0.1, 0.15) is 51.4 Å². The molecule has 1 heterocycles. The number of carbonyl (C=O) groups is 1. The lowest BCUT2D eigenvalue weighted by Crippen LogP contribution is -2.44. The minimum absolute atomic E-state index is 0.0566. The lowest BCUT2D eigenvalue weighted by atomic mass is 9.80. The van der Waals surface area contributed by atoms with Crippen LogP contribution in [0.5, 0.6) is 0 Å². The Labute approximate surface area is 122 Å². The van der Waals surface area contributed by atoms with Gasteiger partial charge in [-0.15, -0.1) is 0 Å². The number of amides is 1. The minimum Gasteiger partial charge on any atom is -0.343 e. The van der Waals surface area contributed by atoms with Crippen LogP contribution < -0.4 is 0 Å². The van der Waals surface area contributed by atoms with Crippen LogP contribution in [-0.2, 0) is 4.79 Å². The molecule has 112 valence electrons. The largest absolute Gasteiger partial charge is 0.343 e. The van der Waals surface area contributed by atoms with Crippen molar-refractivity contribution < 1.29 is 4.79 Å². The van der Waals surface area contributed by atoms with E-state index < -0.39 is 5.41 Å². The third-order valence-corrected chi connectivity index (χ3v) is 4.88. The van der Waals surface area contributed by atoms with E-state index in [1.54, 1.807) is 4.90 Å². The van der Waals surface area contributed by atoms with Crippen molar-refractivity contribution in [3.8, 4) is 6.07 Å². The molecule has 4 heteroatoms. The molecule has 0 aromatic rings. The highest BCUT2D eigenvalue weighted by Crippen LogP contribution is 2.36. The molecule has 1 amide bonds. The molecule has 0 N–H and O–H groups in total. The molecule has 1 saturated heterocycles. The van der Waals surface area contributed by atoms with Crippen molar-refractivity contribution in [2.75, 3.05) is 33.2 Å². The van der Waals surface area contributed by atoms with Gasteiger partial charge in [-0.25, -0.2) is 0 Å². The summed E-state index contributed by atoms with van der Waals surface area (Å²) in [6, 6.07) is 2.36. The summed E-state index contributed by atoms with van der Waals surface area (Å²) in [7, 11) is 1.86. The lowest BCUT2D eigenvalue weighted by Gasteiger charge is -2.30. The maximum atomic E-state index is 12.7. The van der Waals surface area contributed by atoms with E-state index >= 15 is 0 Å². The number of likely N-dealkylation sites (tertiary alicyclic amines) is 1. The van der Waals surface area contributed by atoms with Gasteiger partial charge in [0.05, 0.1) is 6.07 Å². The van der Waals surface area contributed by atoms with Gasteiger partial charge in [0, 0.05) is 20.1 Å². The van der Waals surface area contributed by atoms with Gasteiger partial charge in [-0.3, -0.25) is 4.79 Å². The summed E-state index contributed by atoms with van der Waals surface area (Å²) in [5.41, 5.74) is -0.740. The third-order valence-electron chi connectivity index (χ3n) is 4.88. The van der Waals surface area contributed by atoms with Gasteiger partial charge in [0.2, 0.25) is 5.91 Å². The Hall–Kier alpha value is -1.08. The highest BCUT2D eigenvalue weighted by atomic mass is 16.2. The van der Waals surface area contributed by atoms with Crippen LogP contribution in [-0.4, -0.2) is 48.9 Å². The summed E-state index contributed by atoms with van der Waals surface area (Å²) in [6.07, 6.45) is 8.40. The molecule has 4 nitrogen and oxygen atoms in total. The predicted octanol–water partition coefficient (Wildman–Crippen LogP) is 2.40. The first-order chi connectivity index (χ1) is 9.68. The monoisotopic (exact) mass is 277 g/mol. The fraction of sp³-hybridized carbons (Fsp3) is 0.875. The number of carbonyl (C=O) groups excluding carboxylic acids is 1. The molecule has 2 aliphatic rings. The van der Waals surface area contributed by atoms with Crippen LogP contribution in [0.3, 0.4) is 0 Å². The molecule has 0 spiro atoms. The summed E-state index contributed by atoms with van der Waals surface area (Å²) in [5.74, 6) is 0.0566. The fourth-order valence-corrected chi connectivity index (χ4v) is 3.47. The molecule has 1 aliphatic carbocycles. The van der Waals surface area contributed by atoms with E-state index in [1.165, 1.54) is 12.8 Å². The summed E-state index contributed by atoms with van der Waals surface area (Å²) >= 11 is 0. The van der Waals surface area contributed by atoms with Gasteiger partial charge in [-0.2, -0.15) is 5.26 Å². The maximum Gasteiger partial charge on any atom is 0.242 e. The standard InChI is InChI=1S/C16H27N3O/c1-18(12-13-19-10-6-7-11-19)15(20)16(14-17)8-4-2-3-5-9-16/h2-13H2,1H3. The van der Waals surface area contributed by atoms with E-state index in [1.807, 2.05) is 7.05 Å². The average molecular weight is 277 g/mol. The third kappa shape index (κ3) is 3.52. The minimum atomic E-state index is -0.740. The summed E-state index contributed by atoms with van der Waals surface area (Å²) in [6.45, 7) is 4.02. The SMILES string of the molecule is CN(CCN1CCCC1)C(=O)C1(C#N)CCCCCC1. The Morgan fingerprint density at radius 2 is 1.75 bits per heavy atom. The Morgan fingerprint density at radius 1 is 1.15 bits per heavy atom. The zero-order chi connectivity index (χ0) is 14.4. The number of hydrogen-bond donors (Lipinski definition) is 0. The van der Waals surface area contributed by atoms with Crippen molar-refractivity contribution in [2.24, 2.45) is 5.41 Å². The van der Waals surface area contributed by atoms with Gasteiger partial charge in [-0.1, -0.05) is 25.7 Å². The molecular weight excluding hydrogens is 250 g/mol. The molecule has 0 bridgehead atoms. The van der Waals surface area contributed by atoms with Gasteiger partial charge < -0.3 is 9.80 Å². The topological polar surface area (TPSA) is 47.3 Å². The van der Waals surface area contributed by atoms with Crippen LogP contribution in [0.4, 0.5) is 0 Å². The van der Waals surface area contributed by atoms with E-state index in [0.29, 0.717) is 0 Å². The Kier molecular flexibility index (Phi) is 5.42. The van der Waals surface area contributed by atoms with Crippen molar-refractivity contribution in [1.82, 2.24) is 9.80 Å². The highest BCUT2D eigenvalue weighted by molar-refractivity contribution is 5.85. The summed E-state index contributed by atoms with van der Waals surface area (Å²) in [5, 5.41) is 9.56. The van der Waals surface area contributed by atoms with E-state index in [0.717, 1.165) is 64.7 Å². The molecule has 0 aromatic carbocycles. The van der Waals surface area contributed by atoms with Crippen LogP contribution in [0.2, 0.25) is 0 Å². The molecule has 0 unspecified atom stereocenters. The first-order valence-electron chi connectivity index (χ1n) is 8.07. The van der Waals surface area contributed by atoms with E-state index in [9.17, 15) is 10.1 Å². The Balaban J connectivity index is 1.91. The quantitative estimate of drug-likeness (QED) is 0.741. The van der Waals surface area contributed by atoms with Crippen LogP contribution in [0, 0.1) is 16.7 Å². The van der Waals surface area contributed by atoms with Gasteiger partial charge in [0.1, 0.15) is 5.41 Å². The molecular formula is C16H27N3O. The molecule has 2 rings (SSSR count). The second kappa shape index (κ2) is 7.08. The van der Waals surface area contributed by atoms with Gasteiger partial charge in [0.25, 0.3) is 0 Å². The van der Waals surface area contributed by atoms with Crippen LogP contribution >= 0.6 is 0 Å². The maximum absolute atomic E-state index is 12.7. The van der Waals surface area contributed by atoms with Gasteiger partial charge >= 0.3 is 0 Å². The average Bonchev–Trinajstić information content (AvgIpc) is 2.87. The number of hydrogen-bond acceptors (Lipinski definition) is 3. The number of likely N-dealkylation sites (N-methyl/N-ethyl adjacent to an activating group) is 1. The molecule has 0 atom stereocenters. The fourth-order valence-electron chi connectivity index (χ4n) is 3.47. The van der Waals surface area contributed by atoms with Crippen molar-refractivity contribution in [3.63, 3.8) is 0 Å². The van der Waals surface area contributed by atoms with Crippen LogP contribution in [0.15, 0.2) is 0 Å². The smallest absolute Gasteiger partial charge is 0.242 e.